The minimum atomic E-state index is -3.94. The van der Waals surface area contributed by atoms with E-state index in [9.17, 15) is 22.4 Å². The first-order valence-electron chi connectivity index (χ1n) is 11.2. The highest BCUT2D eigenvalue weighted by Gasteiger charge is 2.32. The molecule has 0 fully saturated rings. The quantitative estimate of drug-likeness (QED) is 0.394. The molecule has 1 atom stereocenters. The second kappa shape index (κ2) is 13.1. The fourth-order valence-corrected chi connectivity index (χ4v) is 4.79. The zero-order valence-electron chi connectivity index (χ0n) is 19.9. The molecule has 192 valence electrons. The fourth-order valence-electron chi connectivity index (χ4n) is 3.49. The fraction of sp³-hybridized carbons (Fsp3) is 0.417. The van der Waals surface area contributed by atoms with Crippen LogP contribution in [0, 0.1) is 5.82 Å². The minimum Gasteiger partial charge on any atom is -0.354 e. The van der Waals surface area contributed by atoms with E-state index in [1.807, 2.05) is 6.92 Å². The molecule has 11 heteroatoms. The molecule has 2 aromatic rings. The highest BCUT2D eigenvalue weighted by molar-refractivity contribution is 7.92. The van der Waals surface area contributed by atoms with Crippen LogP contribution in [0.2, 0.25) is 10.0 Å². The standard InChI is InChI=1S/C24H30Cl2FN3O4S/c1-4-6-14-28-24(32)20(5-2)29(15-17-10-12-18(27)13-11-17)22(31)16-30(35(3,33)34)21-9-7-8-19(25)23(21)26/h7-13,20H,4-6,14-16H2,1-3H3,(H,28,32)/t20-/m0/s1. The summed E-state index contributed by atoms with van der Waals surface area (Å²) in [5.41, 5.74) is 0.642. The van der Waals surface area contributed by atoms with Crippen LogP contribution in [0.4, 0.5) is 10.1 Å². The summed E-state index contributed by atoms with van der Waals surface area (Å²) in [5.74, 6) is -1.40. The molecular formula is C24H30Cl2FN3O4S. The van der Waals surface area contributed by atoms with Crippen molar-refractivity contribution in [3.05, 3.63) is 63.9 Å². The first-order chi connectivity index (χ1) is 16.5. The lowest BCUT2D eigenvalue weighted by Crippen LogP contribution is -2.52. The number of unbranched alkanes of at least 4 members (excludes halogenated alkanes) is 1. The van der Waals surface area contributed by atoms with Crippen molar-refractivity contribution in [3.8, 4) is 0 Å². The number of benzene rings is 2. The topological polar surface area (TPSA) is 86.8 Å². The van der Waals surface area contributed by atoms with Crippen molar-refractivity contribution < 1.29 is 22.4 Å². The van der Waals surface area contributed by atoms with Crippen molar-refractivity contribution in [3.63, 3.8) is 0 Å². The number of amides is 2. The van der Waals surface area contributed by atoms with Crippen LogP contribution < -0.4 is 9.62 Å². The number of carbonyl (C=O) groups is 2. The number of nitrogens with zero attached hydrogens (tertiary/aromatic N) is 2. The Morgan fingerprint density at radius 2 is 1.74 bits per heavy atom. The van der Waals surface area contributed by atoms with Gasteiger partial charge in [0.1, 0.15) is 18.4 Å². The van der Waals surface area contributed by atoms with E-state index in [0.717, 1.165) is 23.4 Å². The van der Waals surface area contributed by atoms with Crippen LogP contribution in [0.25, 0.3) is 0 Å². The molecule has 2 amide bonds. The third-order valence-electron chi connectivity index (χ3n) is 5.36. The molecule has 0 saturated carbocycles. The molecule has 0 spiro atoms. The molecule has 0 aliphatic heterocycles. The van der Waals surface area contributed by atoms with Gasteiger partial charge in [-0.1, -0.05) is 61.7 Å². The highest BCUT2D eigenvalue weighted by atomic mass is 35.5. The Labute approximate surface area is 216 Å². The van der Waals surface area contributed by atoms with E-state index in [1.165, 1.54) is 47.4 Å². The molecule has 1 N–H and O–H groups in total. The van der Waals surface area contributed by atoms with Crippen molar-refractivity contribution in [1.82, 2.24) is 10.2 Å². The van der Waals surface area contributed by atoms with Gasteiger partial charge < -0.3 is 10.2 Å². The highest BCUT2D eigenvalue weighted by Crippen LogP contribution is 2.33. The number of anilines is 1. The molecule has 35 heavy (non-hydrogen) atoms. The second-order valence-corrected chi connectivity index (χ2v) is 10.8. The van der Waals surface area contributed by atoms with Crippen molar-refractivity contribution in [2.75, 3.05) is 23.7 Å². The second-order valence-electron chi connectivity index (χ2n) is 8.06. The van der Waals surface area contributed by atoms with Gasteiger partial charge in [-0.05, 0) is 42.7 Å². The molecule has 2 aromatic carbocycles. The van der Waals surface area contributed by atoms with Crippen molar-refractivity contribution >= 4 is 50.7 Å². The average Bonchev–Trinajstić information content (AvgIpc) is 2.80. The predicted molar refractivity (Wildman–Crippen MR) is 138 cm³/mol. The van der Waals surface area contributed by atoms with E-state index in [-0.39, 0.29) is 28.2 Å². The lowest BCUT2D eigenvalue weighted by atomic mass is 10.1. The van der Waals surface area contributed by atoms with Crippen LogP contribution in [0.5, 0.6) is 0 Å². The van der Waals surface area contributed by atoms with Crippen molar-refractivity contribution in [2.45, 2.75) is 45.7 Å². The molecule has 2 rings (SSSR count). The van der Waals surface area contributed by atoms with E-state index >= 15 is 0 Å². The number of halogens is 3. The lowest BCUT2D eigenvalue weighted by Gasteiger charge is -2.33. The average molecular weight is 546 g/mol. The summed E-state index contributed by atoms with van der Waals surface area (Å²) >= 11 is 12.3. The molecule has 0 aliphatic carbocycles. The molecule has 0 bridgehead atoms. The minimum absolute atomic E-state index is 0.0122. The number of hydrogen-bond acceptors (Lipinski definition) is 4. The molecule has 0 aromatic heterocycles. The number of sulfonamides is 1. The van der Waals surface area contributed by atoms with Gasteiger partial charge in [0.2, 0.25) is 21.8 Å². The third-order valence-corrected chi connectivity index (χ3v) is 7.30. The van der Waals surface area contributed by atoms with Gasteiger partial charge in [0, 0.05) is 13.1 Å². The van der Waals surface area contributed by atoms with E-state index < -0.39 is 34.3 Å². The third kappa shape index (κ3) is 8.08. The molecular weight excluding hydrogens is 516 g/mol. The maximum atomic E-state index is 13.6. The summed E-state index contributed by atoms with van der Waals surface area (Å²) in [6.45, 7) is 3.60. The lowest BCUT2D eigenvalue weighted by molar-refractivity contribution is -0.140. The van der Waals surface area contributed by atoms with Gasteiger partial charge in [0.05, 0.1) is 22.0 Å². The number of hydrogen-bond donors (Lipinski definition) is 1. The Morgan fingerprint density at radius 1 is 1.09 bits per heavy atom. The first-order valence-corrected chi connectivity index (χ1v) is 13.8. The molecule has 0 saturated heterocycles. The Bertz CT molecular complexity index is 1130. The Kier molecular flexibility index (Phi) is 10.8. The Morgan fingerprint density at radius 3 is 2.31 bits per heavy atom. The van der Waals surface area contributed by atoms with Gasteiger partial charge in [-0.2, -0.15) is 0 Å². The largest absolute Gasteiger partial charge is 0.354 e. The monoisotopic (exact) mass is 545 g/mol. The molecule has 0 radical (unpaired) electrons. The maximum absolute atomic E-state index is 13.6. The van der Waals surface area contributed by atoms with Gasteiger partial charge in [-0.25, -0.2) is 12.8 Å². The smallest absolute Gasteiger partial charge is 0.244 e. The van der Waals surface area contributed by atoms with Gasteiger partial charge in [-0.3, -0.25) is 13.9 Å². The van der Waals surface area contributed by atoms with Gasteiger partial charge >= 0.3 is 0 Å². The van der Waals surface area contributed by atoms with Crippen molar-refractivity contribution in [1.29, 1.82) is 0 Å². The van der Waals surface area contributed by atoms with Crippen LogP contribution in [0.3, 0.4) is 0 Å². The van der Waals surface area contributed by atoms with Gasteiger partial charge in [0.25, 0.3) is 0 Å². The van der Waals surface area contributed by atoms with E-state index in [4.69, 9.17) is 23.2 Å². The molecule has 0 heterocycles. The molecule has 7 nitrogen and oxygen atoms in total. The van der Waals surface area contributed by atoms with Crippen LogP contribution in [0.1, 0.15) is 38.7 Å². The van der Waals surface area contributed by atoms with Crippen LogP contribution in [0.15, 0.2) is 42.5 Å². The normalized spacial score (nSPS) is 12.2. The van der Waals surface area contributed by atoms with Crippen LogP contribution in [-0.2, 0) is 26.2 Å². The summed E-state index contributed by atoms with van der Waals surface area (Å²) in [6, 6.07) is 9.16. The van der Waals surface area contributed by atoms with Gasteiger partial charge in [-0.15, -0.1) is 0 Å². The molecule has 0 unspecified atom stereocenters. The number of rotatable bonds is 12. The summed E-state index contributed by atoms with van der Waals surface area (Å²) in [4.78, 5) is 27.8. The van der Waals surface area contributed by atoms with E-state index in [1.54, 1.807) is 6.92 Å². The van der Waals surface area contributed by atoms with Crippen molar-refractivity contribution in [2.24, 2.45) is 0 Å². The Hall–Kier alpha value is -2.36. The maximum Gasteiger partial charge on any atom is 0.244 e. The zero-order chi connectivity index (χ0) is 26.2. The van der Waals surface area contributed by atoms with E-state index in [0.29, 0.717) is 18.5 Å². The predicted octanol–water partition coefficient (Wildman–Crippen LogP) is 4.62. The SMILES string of the molecule is CCCCNC(=O)[C@H](CC)N(Cc1ccc(F)cc1)C(=O)CN(c1cccc(Cl)c1Cl)S(C)(=O)=O. The summed E-state index contributed by atoms with van der Waals surface area (Å²) in [6.07, 6.45) is 2.92. The van der Waals surface area contributed by atoms with E-state index in [2.05, 4.69) is 5.32 Å². The summed E-state index contributed by atoms with van der Waals surface area (Å²) in [7, 11) is -3.94. The van der Waals surface area contributed by atoms with Crippen LogP contribution >= 0.6 is 23.2 Å². The first kappa shape index (κ1) is 28.9. The van der Waals surface area contributed by atoms with Crippen LogP contribution in [-0.4, -0.2) is 50.5 Å². The summed E-state index contributed by atoms with van der Waals surface area (Å²) < 4.78 is 39.6. The number of carbonyl (C=O) groups excluding carboxylic acids is 2. The Balaban J connectivity index is 2.43. The number of nitrogens with one attached hydrogen (secondary N) is 1. The van der Waals surface area contributed by atoms with Gasteiger partial charge in [0.15, 0.2) is 0 Å². The molecule has 0 aliphatic rings. The zero-order valence-corrected chi connectivity index (χ0v) is 22.3. The summed E-state index contributed by atoms with van der Waals surface area (Å²) in [5, 5.41) is 2.96.